The molecule has 8 heteroatoms. The lowest BCUT2D eigenvalue weighted by Gasteiger charge is -2.07. The third-order valence-corrected chi connectivity index (χ3v) is 4.52. The highest BCUT2D eigenvalue weighted by molar-refractivity contribution is 7.20. The number of aromatic amines is 1. The fourth-order valence-electron chi connectivity index (χ4n) is 2.28. The van der Waals surface area contributed by atoms with Gasteiger partial charge in [0.1, 0.15) is 10.7 Å². The van der Waals surface area contributed by atoms with Gasteiger partial charge in [0.2, 0.25) is 0 Å². The maximum atomic E-state index is 12.3. The number of nitrogens with one attached hydrogen (secondary N) is 2. The summed E-state index contributed by atoms with van der Waals surface area (Å²) in [7, 11) is 5.44. The molecule has 0 aliphatic carbocycles. The van der Waals surface area contributed by atoms with E-state index in [-0.39, 0.29) is 11.5 Å². The molecule has 2 aromatic rings. The van der Waals surface area contributed by atoms with E-state index < -0.39 is 0 Å². The lowest BCUT2D eigenvalue weighted by Crippen LogP contribution is -2.25. The van der Waals surface area contributed by atoms with Crippen molar-refractivity contribution in [3.05, 3.63) is 26.6 Å². The zero-order valence-corrected chi connectivity index (χ0v) is 14.7. The molecule has 2 heterocycles. The molecule has 0 bridgehead atoms. The Morgan fingerprint density at radius 1 is 1.43 bits per heavy atom. The highest BCUT2D eigenvalue weighted by Gasteiger charge is 2.19. The quantitative estimate of drug-likeness (QED) is 0.739. The van der Waals surface area contributed by atoms with E-state index in [1.807, 2.05) is 19.0 Å². The summed E-state index contributed by atoms with van der Waals surface area (Å²) in [5.41, 5.74) is 0.485. The Morgan fingerprint density at radius 3 is 2.83 bits per heavy atom. The van der Waals surface area contributed by atoms with Crippen LogP contribution >= 0.6 is 11.3 Å². The average molecular weight is 338 g/mol. The molecular weight excluding hydrogens is 316 g/mol. The van der Waals surface area contributed by atoms with Crippen LogP contribution in [0.1, 0.15) is 27.5 Å². The van der Waals surface area contributed by atoms with Gasteiger partial charge in [-0.25, -0.2) is 4.98 Å². The average Bonchev–Trinajstić information content (AvgIpc) is 2.80. The monoisotopic (exact) mass is 338 g/mol. The fraction of sp³-hybridized carbons (Fsp3) is 0.533. The van der Waals surface area contributed by atoms with Crippen LogP contribution in [0.4, 0.5) is 0 Å². The van der Waals surface area contributed by atoms with E-state index in [1.54, 1.807) is 14.0 Å². The molecule has 126 valence electrons. The molecule has 0 saturated heterocycles. The minimum absolute atomic E-state index is 0.171. The second kappa shape index (κ2) is 7.67. The number of thiophene rings is 1. The van der Waals surface area contributed by atoms with Crippen LogP contribution in [0.2, 0.25) is 0 Å². The number of methoxy groups -OCH3 is 1. The molecule has 0 aliphatic heterocycles. The molecule has 7 nitrogen and oxygen atoms in total. The minimum atomic E-state index is -0.195. The highest BCUT2D eigenvalue weighted by atomic mass is 32.1. The first-order chi connectivity index (χ1) is 10.9. The smallest absolute Gasteiger partial charge is 0.261 e. The van der Waals surface area contributed by atoms with Gasteiger partial charge >= 0.3 is 0 Å². The van der Waals surface area contributed by atoms with E-state index in [2.05, 4.69) is 15.3 Å². The first-order valence-electron chi connectivity index (χ1n) is 7.38. The molecule has 0 radical (unpaired) electrons. The molecule has 1 amide bonds. The summed E-state index contributed by atoms with van der Waals surface area (Å²) in [5, 5.41) is 3.34. The van der Waals surface area contributed by atoms with Gasteiger partial charge < -0.3 is 19.9 Å². The number of nitrogens with zero attached hydrogens (tertiary/aromatic N) is 2. The maximum Gasteiger partial charge on any atom is 0.261 e. The Hall–Kier alpha value is -1.77. The SMILES string of the molecule is COCCCNC(=O)c1sc2nc(CN(C)C)[nH]c(=O)c2c1C. The molecular formula is C15H22N4O3S. The van der Waals surface area contributed by atoms with E-state index in [1.165, 1.54) is 11.3 Å². The first kappa shape index (κ1) is 17.6. The van der Waals surface area contributed by atoms with Crippen molar-refractivity contribution in [2.24, 2.45) is 0 Å². The molecule has 0 spiro atoms. The normalized spacial score (nSPS) is 11.3. The number of hydrogen-bond donors (Lipinski definition) is 2. The molecule has 0 aliphatic rings. The molecule has 0 unspecified atom stereocenters. The van der Waals surface area contributed by atoms with E-state index in [4.69, 9.17) is 4.74 Å². The van der Waals surface area contributed by atoms with Crippen LogP contribution in [0.5, 0.6) is 0 Å². The van der Waals surface area contributed by atoms with Crippen molar-refractivity contribution in [1.82, 2.24) is 20.2 Å². The molecule has 0 atom stereocenters. The summed E-state index contributed by atoms with van der Waals surface area (Å²) in [4.78, 5) is 34.9. The number of amides is 1. The summed E-state index contributed by atoms with van der Waals surface area (Å²) in [5.74, 6) is 0.427. The van der Waals surface area contributed by atoms with Gasteiger partial charge in [-0.2, -0.15) is 0 Å². The zero-order valence-electron chi connectivity index (χ0n) is 13.9. The van der Waals surface area contributed by atoms with E-state index >= 15 is 0 Å². The van der Waals surface area contributed by atoms with Crippen LogP contribution in [0.3, 0.4) is 0 Å². The van der Waals surface area contributed by atoms with Gasteiger partial charge in [0.15, 0.2) is 0 Å². The van der Waals surface area contributed by atoms with Gasteiger partial charge in [-0.15, -0.1) is 11.3 Å². The second-order valence-corrected chi connectivity index (χ2v) is 6.59. The highest BCUT2D eigenvalue weighted by Crippen LogP contribution is 2.26. The van der Waals surface area contributed by atoms with Gasteiger partial charge in [-0.1, -0.05) is 0 Å². The largest absolute Gasteiger partial charge is 0.385 e. The molecule has 2 rings (SSSR count). The van der Waals surface area contributed by atoms with Gasteiger partial charge in [-0.3, -0.25) is 9.59 Å². The predicted octanol–water partition coefficient (Wildman–Crippen LogP) is 1.12. The third-order valence-electron chi connectivity index (χ3n) is 3.33. The van der Waals surface area contributed by atoms with Crippen molar-refractivity contribution in [2.75, 3.05) is 34.4 Å². The summed E-state index contributed by atoms with van der Waals surface area (Å²) in [6.45, 7) is 3.46. The lowest BCUT2D eigenvalue weighted by atomic mass is 10.2. The molecule has 0 saturated carbocycles. The standard InChI is InChI=1S/C15H22N4O3S/c1-9-11-13(20)17-10(8-19(2)3)18-15(11)23-12(9)14(21)16-6-5-7-22-4/h5-8H2,1-4H3,(H,16,21)(H,17,18,20). The predicted molar refractivity (Wildman–Crippen MR) is 91.2 cm³/mol. The van der Waals surface area contributed by atoms with Crippen LogP contribution in [0.25, 0.3) is 10.2 Å². The zero-order chi connectivity index (χ0) is 17.0. The summed E-state index contributed by atoms with van der Waals surface area (Å²) >= 11 is 1.26. The van der Waals surface area contributed by atoms with Gasteiger partial charge in [-0.05, 0) is 33.0 Å². The van der Waals surface area contributed by atoms with E-state index in [0.29, 0.717) is 46.2 Å². The van der Waals surface area contributed by atoms with Crippen molar-refractivity contribution >= 4 is 27.5 Å². The van der Waals surface area contributed by atoms with E-state index in [9.17, 15) is 9.59 Å². The summed E-state index contributed by atoms with van der Waals surface area (Å²) < 4.78 is 4.95. The van der Waals surface area contributed by atoms with Crippen LogP contribution in [-0.4, -0.2) is 55.1 Å². The van der Waals surface area contributed by atoms with Crippen LogP contribution in [0.15, 0.2) is 4.79 Å². The summed E-state index contributed by atoms with van der Waals surface area (Å²) in [6, 6.07) is 0. The van der Waals surface area contributed by atoms with Gasteiger partial charge in [0.05, 0.1) is 16.8 Å². The minimum Gasteiger partial charge on any atom is -0.385 e. The Morgan fingerprint density at radius 2 is 2.17 bits per heavy atom. The number of rotatable bonds is 7. The number of H-pyrrole nitrogens is 1. The second-order valence-electron chi connectivity index (χ2n) is 5.59. The number of carbonyl (C=O) groups excluding carboxylic acids is 1. The van der Waals surface area contributed by atoms with Crippen molar-refractivity contribution in [3.63, 3.8) is 0 Å². The number of aryl methyl sites for hydroxylation is 1. The Balaban J connectivity index is 2.28. The van der Waals surface area contributed by atoms with Crippen molar-refractivity contribution in [1.29, 1.82) is 0 Å². The van der Waals surface area contributed by atoms with Crippen LogP contribution < -0.4 is 10.9 Å². The Kier molecular flexibility index (Phi) is 5.86. The lowest BCUT2D eigenvalue weighted by molar-refractivity contribution is 0.0952. The van der Waals surface area contributed by atoms with Crippen LogP contribution in [-0.2, 0) is 11.3 Å². The van der Waals surface area contributed by atoms with Crippen molar-refractivity contribution in [2.45, 2.75) is 19.9 Å². The number of ether oxygens (including phenoxy) is 1. The third kappa shape index (κ3) is 4.15. The van der Waals surface area contributed by atoms with E-state index in [0.717, 1.165) is 6.42 Å². The number of fused-ring (bicyclic) bond motifs is 1. The van der Waals surface area contributed by atoms with Crippen molar-refractivity contribution < 1.29 is 9.53 Å². The van der Waals surface area contributed by atoms with Gasteiger partial charge in [0, 0.05) is 20.3 Å². The Labute approximate surface area is 138 Å². The molecule has 23 heavy (non-hydrogen) atoms. The van der Waals surface area contributed by atoms with Crippen LogP contribution in [0, 0.1) is 6.92 Å². The fourth-order valence-corrected chi connectivity index (χ4v) is 3.40. The van der Waals surface area contributed by atoms with Crippen molar-refractivity contribution in [3.8, 4) is 0 Å². The topological polar surface area (TPSA) is 87.3 Å². The number of aromatic nitrogens is 2. The van der Waals surface area contributed by atoms with Gasteiger partial charge in [0.25, 0.3) is 11.5 Å². The Bertz CT molecular complexity index is 751. The number of hydrogen-bond acceptors (Lipinski definition) is 6. The molecule has 2 aromatic heterocycles. The molecule has 0 fully saturated rings. The molecule has 0 aromatic carbocycles. The number of carbonyl (C=O) groups is 1. The maximum absolute atomic E-state index is 12.3. The first-order valence-corrected chi connectivity index (χ1v) is 8.19. The summed E-state index contributed by atoms with van der Waals surface area (Å²) in [6.07, 6.45) is 0.748. The molecule has 2 N–H and O–H groups in total.